The van der Waals surface area contributed by atoms with Crippen LogP contribution in [0.25, 0.3) is 11.0 Å². The quantitative estimate of drug-likeness (QED) is 0.716. The van der Waals surface area contributed by atoms with Gasteiger partial charge in [0.1, 0.15) is 5.75 Å². The van der Waals surface area contributed by atoms with Gasteiger partial charge in [-0.25, -0.2) is 9.97 Å². The fourth-order valence-corrected chi connectivity index (χ4v) is 3.65. The zero-order valence-electron chi connectivity index (χ0n) is 16.6. The first-order valence-electron chi connectivity index (χ1n) is 9.69. The van der Waals surface area contributed by atoms with E-state index < -0.39 is 0 Å². The number of carbonyl (C=O) groups is 1. The maximum Gasteiger partial charge on any atom is 0.257 e. The fourth-order valence-electron chi connectivity index (χ4n) is 3.65. The standard InChI is InChI=1S/C22H24N4O3/c1-28-19-10-6-5-9-18(19)24-21(27)15-11-13-26(14-12-15)20-22(29-2)25-17-8-4-3-7-16(17)23-20/h3-10,15H,11-14H2,1-2H3,(H,24,27). The number of fused-ring (bicyclic) bond motifs is 1. The molecule has 0 bridgehead atoms. The average Bonchev–Trinajstić information content (AvgIpc) is 2.78. The molecule has 2 aromatic carbocycles. The number of para-hydroxylation sites is 4. The van der Waals surface area contributed by atoms with Crippen molar-refractivity contribution in [1.82, 2.24) is 9.97 Å². The van der Waals surface area contributed by atoms with E-state index in [-0.39, 0.29) is 11.8 Å². The highest BCUT2D eigenvalue weighted by Gasteiger charge is 2.28. The summed E-state index contributed by atoms with van der Waals surface area (Å²) in [6.07, 6.45) is 1.47. The van der Waals surface area contributed by atoms with Gasteiger partial charge < -0.3 is 19.7 Å². The number of anilines is 2. The molecule has 1 fully saturated rings. The van der Waals surface area contributed by atoms with Crippen LogP contribution >= 0.6 is 0 Å². The minimum absolute atomic E-state index is 0.0192. The molecular weight excluding hydrogens is 368 g/mol. The Kier molecular flexibility index (Phi) is 5.46. The van der Waals surface area contributed by atoms with Gasteiger partial charge in [-0.1, -0.05) is 24.3 Å². The number of piperidine rings is 1. The zero-order valence-corrected chi connectivity index (χ0v) is 16.6. The van der Waals surface area contributed by atoms with E-state index in [2.05, 4.69) is 15.2 Å². The van der Waals surface area contributed by atoms with Crippen LogP contribution in [0.1, 0.15) is 12.8 Å². The number of carbonyl (C=O) groups excluding carboxylic acids is 1. The molecule has 0 unspecified atom stereocenters. The van der Waals surface area contributed by atoms with Crippen LogP contribution in [0.5, 0.6) is 11.6 Å². The third-order valence-corrected chi connectivity index (χ3v) is 5.24. The van der Waals surface area contributed by atoms with Gasteiger partial charge in [0.15, 0.2) is 5.82 Å². The smallest absolute Gasteiger partial charge is 0.257 e. The first-order valence-corrected chi connectivity index (χ1v) is 9.69. The Morgan fingerprint density at radius 2 is 1.62 bits per heavy atom. The Balaban J connectivity index is 1.45. The summed E-state index contributed by atoms with van der Waals surface area (Å²) in [6, 6.07) is 15.2. The number of amides is 1. The highest BCUT2D eigenvalue weighted by molar-refractivity contribution is 5.94. The van der Waals surface area contributed by atoms with Crippen LogP contribution in [0.4, 0.5) is 11.5 Å². The summed E-state index contributed by atoms with van der Waals surface area (Å²) < 4.78 is 10.8. The van der Waals surface area contributed by atoms with Crippen molar-refractivity contribution in [2.24, 2.45) is 5.92 Å². The van der Waals surface area contributed by atoms with Crippen LogP contribution in [0.2, 0.25) is 0 Å². The number of benzene rings is 2. The molecule has 2 heterocycles. The number of ether oxygens (including phenoxy) is 2. The molecule has 0 spiro atoms. The molecule has 150 valence electrons. The monoisotopic (exact) mass is 392 g/mol. The lowest BCUT2D eigenvalue weighted by molar-refractivity contribution is -0.120. The molecule has 0 aliphatic carbocycles. The predicted molar refractivity (Wildman–Crippen MR) is 113 cm³/mol. The molecule has 4 rings (SSSR count). The maximum atomic E-state index is 12.7. The molecule has 0 radical (unpaired) electrons. The van der Waals surface area contributed by atoms with Crippen LogP contribution in [0.3, 0.4) is 0 Å². The second-order valence-corrected chi connectivity index (χ2v) is 7.00. The largest absolute Gasteiger partial charge is 0.495 e. The van der Waals surface area contributed by atoms with Crippen molar-refractivity contribution in [3.8, 4) is 11.6 Å². The van der Waals surface area contributed by atoms with Gasteiger partial charge in [0.25, 0.3) is 5.88 Å². The third kappa shape index (κ3) is 3.94. The van der Waals surface area contributed by atoms with Crippen molar-refractivity contribution in [1.29, 1.82) is 0 Å². The average molecular weight is 392 g/mol. The van der Waals surface area contributed by atoms with Gasteiger partial charge in [-0.3, -0.25) is 4.79 Å². The molecule has 1 amide bonds. The maximum absolute atomic E-state index is 12.7. The van der Waals surface area contributed by atoms with E-state index in [1.165, 1.54) is 0 Å². The van der Waals surface area contributed by atoms with Crippen molar-refractivity contribution in [3.63, 3.8) is 0 Å². The van der Waals surface area contributed by atoms with E-state index in [0.29, 0.717) is 30.4 Å². The van der Waals surface area contributed by atoms with Crippen molar-refractivity contribution in [3.05, 3.63) is 48.5 Å². The third-order valence-electron chi connectivity index (χ3n) is 5.24. The molecular formula is C22H24N4O3. The van der Waals surface area contributed by atoms with Crippen LogP contribution < -0.4 is 19.7 Å². The number of rotatable bonds is 5. The number of nitrogens with one attached hydrogen (secondary N) is 1. The lowest BCUT2D eigenvalue weighted by Gasteiger charge is -2.32. The van der Waals surface area contributed by atoms with Crippen LogP contribution in [0, 0.1) is 5.92 Å². The van der Waals surface area contributed by atoms with Gasteiger partial charge in [-0.2, -0.15) is 0 Å². The SMILES string of the molecule is COc1ccccc1NC(=O)C1CCN(c2nc3ccccc3nc2OC)CC1. The first-order chi connectivity index (χ1) is 14.2. The highest BCUT2D eigenvalue weighted by Crippen LogP contribution is 2.31. The van der Waals surface area contributed by atoms with Crippen molar-refractivity contribution >= 4 is 28.4 Å². The summed E-state index contributed by atoms with van der Waals surface area (Å²) in [4.78, 5) is 24.2. The van der Waals surface area contributed by atoms with Gasteiger partial charge in [0, 0.05) is 19.0 Å². The second kappa shape index (κ2) is 8.34. The van der Waals surface area contributed by atoms with Crippen LogP contribution in [0.15, 0.2) is 48.5 Å². The van der Waals surface area contributed by atoms with Gasteiger partial charge >= 0.3 is 0 Å². The summed E-state index contributed by atoms with van der Waals surface area (Å²) >= 11 is 0. The Morgan fingerprint density at radius 3 is 2.31 bits per heavy atom. The van der Waals surface area contributed by atoms with E-state index >= 15 is 0 Å². The predicted octanol–water partition coefficient (Wildman–Crippen LogP) is 3.50. The first kappa shape index (κ1) is 19.0. The molecule has 1 aliphatic rings. The lowest BCUT2D eigenvalue weighted by atomic mass is 9.95. The molecule has 3 aromatic rings. The number of methoxy groups -OCH3 is 2. The Labute approximate surface area is 169 Å². The Hall–Kier alpha value is -3.35. The number of nitrogens with zero attached hydrogens (tertiary/aromatic N) is 3. The van der Waals surface area contributed by atoms with Gasteiger partial charge in [0.2, 0.25) is 5.91 Å². The summed E-state index contributed by atoms with van der Waals surface area (Å²) in [5, 5.41) is 3.00. The van der Waals surface area contributed by atoms with Gasteiger partial charge in [0.05, 0.1) is 30.9 Å². The van der Waals surface area contributed by atoms with Crippen molar-refractivity contribution in [2.75, 3.05) is 37.5 Å². The molecule has 1 N–H and O–H groups in total. The molecule has 1 aromatic heterocycles. The van der Waals surface area contributed by atoms with Crippen molar-refractivity contribution in [2.45, 2.75) is 12.8 Å². The minimum atomic E-state index is -0.0597. The van der Waals surface area contributed by atoms with E-state index in [0.717, 1.165) is 29.7 Å². The topological polar surface area (TPSA) is 76.6 Å². The van der Waals surface area contributed by atoms with E-state index in [4.69, 9.17) is 14.5 Å². The molecule has 0 atom stereocenters. The highest BCUT2D eigenvalue weighted by atomic mass is 16.5. The molecule has 7 nitrogen and oxygen atoms in total. The molecule has 7 heteroatoms. The molecule has 29 heavy (non-hydrogen) atoms. The second-order valence-electron chi connectivity index (χ2n) is 7.00. The summed E-state index contributed by atoms with van der Waals surface area (Å²) in [7, 11) is 3.21. The number of hydrogen-bond donors (Lipinski definition) is 1. The van der Waals surface area contributed by atoms with Crippen LogP contribution in [-0.4, -0.2) is 43.2 Å². The van der Waals surface area contributed by atoms with E-state index in [9.17, 15) is 4.79 Å². The van der Waals surface area contributed by atoms with Crippen molar-refractivity contribution < 1.29 is 14.3 Å². The normalized spacial score (nSPS) is 14.6. The van der Waals surface area contributed by atoms with Crippen LogP contribution in [-0.2, 0) is 4.79 Å². The van der Waals surface area contributed by atoms with Gasteiger partial charge in [-0.05, 0) is 37.1 Å². The minimum Gasteiger partial charge on any atom is -0.495 e. The Morgan fingerprint density at radius 1 is 0.966 bits per heavy atom. The van der Waals surface area contributed by atoms with Gasteiger partial charge in [-0.15, -0.1) is 0 Å². The summed E-state index contributed by atoms with van der Waals surface area (Å²) in [6.45, 7) is 1.43. The van der Waals surface area contributed by atoms with E-state index in [1.807, 2.05) is 48.5 Å². The summed E-state index contributed by atoms with van der Waals surface area (Å²) in [5.74, 6) is 1.87. The molecule has 0 saturated carbocycles. The molecule has 1 aliphatic heterocycles. The fraction of sp³-hybridized carbons (Fsp3) is 0.318. The number of hydrogen-bond acceptors (Lipinski definition) is 6. The summed E-state index contributed by atoms with van der Waals surface area (Å²) in [5.41, 5.74) is 2.34. The molecule has 1 saturated heterocycles. The Bertz CT molecular complexity index is 1020. The zero-order chi connectivity index (χ0) is 20.2. The van der Waals surface area contributed by atoms with E-state index in [1.54, 1.807) is 14.2 Å². The lowest BCUT2D eigenvalue weighted by Crippen LogP contribution is -2.38. The number of aromatic nitrogens is 2.